The first-order valence-electron chi connectivity index (χ1n) is 17.8. The molecule has 7 rings (SSSR count). The number of nitrogens with zero attached hydrogens (tertiary/aromatic N) is 6. The van der Waals surface area contributed by atoms with Gasteiger partial charge in [-0.15, -0.1) is 11.8 Å². The molecule has 13 heteroatoms. The number of halogens is 1. The Labute approximate surface area is 318 Å². The fourth-order valence-corrected chi connectivity index (χ4v) is 8.70. The number of rotatable bonds is 7. The lowest BCUT2D eigenvalue weighted by molar-refractivity contribution is 0.0648. The Morgan fingerprint density at radius 2 is 1.83 bits per heavy atom. The van der Waals surface area contributed by atoms with Crippen molar-refractivity contribution in [2.45, 2.75) is 50.0 Å². The average Bonchev–Trinajstić information content (AvgIpc) is 3.73. The van der Waals surface area contributed by atoms with Crippen molar-refractivity contribution in [1.82, 2.24) is 29.0 Å². The standard InChI is InChI=1S/C40H45ClN6O5S/c1-25-36-34(47(42-25)14-16-51-18-17-50-5)23-44(2)22-27-20-28(46(4)43-27)24-53-29-19-26-9-6-7-10-30(26)35(21-29)52-15-8-11-31-32-12-13-33(41)37(36)38(32)45(3)39(31)40(48)49/h6-7,9-10,12-13,19-21H,8,11,14-18,22-24H2,1-5H3,(H,48,49). The molecular weight excluding hydrogens is 712 g/mol. The van der Waals surface area contributed by atoms with Gasteiger partial charge in [-0.1, -0.05) is 41.9 Å². The highest BCUT2D eigenvalue weighted by molar-refractivity contribution is 7.98. The lowest BCUT2D eigenvalue weighted by Gasteiger charge is -2.19. The van der Waals surface area contributed by atoms with Gasteiger partial charge >= 0.3 is 5.97 Å². The zero-order chi connectivity index (χ0) is 37.2. The summed E-state index contributed by atoms with van der Waals surface area (Å²) in [5.74, 6) is 0.585. The maximum Gasteiger partial charge on any atom is 0.352 e. The second-order valence-corrected chi connectivity index (χ2v) is 15.0. The molecule has 1 aliphatic rings. The zero-order valence-electron chi connectivity index (χ0n) is 30.8. The van der Waals surface area contributed by atoms with Gasteiger partial charge in [-0.25, -0.2) is 4.79 Å². The number of aromatic carboxylic acids is 1. The Kier molecular flexibility index (Phi) is 11.1. The molecule has 0 spiro atoms. The van der Waals surface area contributed by atoms with Gasteiger partial charge in [-0.3, -0.25) is 14.3 Å². The minimum absolute atomic E-state index is 0.246. The summed E-state index contributed by atoms with van der Waals surface area (Å²) in [7, 11) is 7.54. The minimum atomic E-state index is -0.984. The van der Waals surface area contributed by atoms with Gasteiger partial charge in [0.15, 0.2) is 0 Å². The second-order valence-electron chi connectivity index (χ2n) is 13.6. The van der Waals surface area contributed by atoms with Gasteiger partial charge in [-0.05, 0) is 62.0 Å². The molecule has 8 bridgehead atoms. The van der Waals surface area contributed by atoms with E-state index < -0.39 is 5.97 Å². The summed E-state index contributed by atoms with van der Waals surface area (Å²) in [6, 6.07) is 18.6. The lowest BCUT2D eigenvalue weighted by Crippen LogP contribution is -2.22. The monoisotopic (exact) mass is 756 g/mol. The number of aromatic nitrogens is 5. The van der Waals surface area contributed by atoms with Gasteiger partial charge in [0.1, 0.15) is 11.4 Å². The van der Waals surface area contributed by atoms with Crippen LogP contribution in [0.25, 0.3) is 32.8 Å². The Hall–Kier alpha value is -4.33. The van der Waals surface area contributed by atoms with Crippen LogP contribution in [0.5, 0.6) is 5.75 Å². The highest BCUT2D eigenvalue weighted by Crippen LogP contribution is 2.42. The molecule has 3 aromatic carbocycles. The summed E-state index contributed by atoms with van der Waals surface area (Å²) in [6.07, 6.45) is 1.14. The van der Waals surface area contributed by atoms with Gasteiger partial charge in [0.25, 0.3) is 0 Å². The number of thioether (sulfide) groups is 1. The van der Waals surface area contributed by atoms with E-state index in [-0.39, 0.29) is 5.69 Å². The molecule has 0 saturated carbocycles. The van der Waals surface area contributed by atoms with Crippen molar-refractivity contribution in [2.75, 3.05) is 40.6 Å². The molecule has 0 saturated heterocycles. The van der Waals surface area contributed by atoms with Crippen LogP contribution in [0.3, 0.4) is 0 Å². The van der Waals surface area contributed by atoms with Gasteiger partial charge in [0.2, 0.25) is 0 Å². The van der Waals surface area contributed by atoms with E-state index in [0.717, 1.165) is 77.5 Å². The molecule has 0 unspecified atom stereocenters. The molecule has 0 atom stereocenters. The highest BCUT2D eigenvalue weighted by atomic mass is 35.5. The predicted molar refractivity (Wildman–Crippen MR) is 209 cm³/mol. The van der Waals surface area contributed by atoms with Crippen LogP contribution >= 0.6 is 23.4 Å². The van der Waals surface area contributed by atoms with Gasteiger partial charge < -0.3 is 23.9 Å². The van der Waals surface area contributed by atoms with Crippen LogP contribution in [-0.4, -0.2) is 80.7 Å². The molecule has 0 radical (unpaired) electrons. The molecule has 0 aliphatic carbocycles. The summed E-state index contributed by atoms with van der Waals surface area (Å²) in [6.45, 7) is 5.54. The summed E-state index contributed by atoms with van der Waals surface area (Å²) >= 11 is 8.89. The number of fused-ring (bicyclic) bond motifs is 8. The first-order valence-corrected chi connectivity index (χ1v) is 19.2. The van der Waals surface area contributed by atoms with Crippen LogP contribution in [0.2, 0.25) is 5.02 Å². The number of aryl methyl sites for hydroxylation is 4. The summed E-state index contributed by atoms with van der Waals surface area (Å²) in [5, 5.41) is 24.0. The van der Waals surface area contributed by atoms with Crippen molar-refractivity contribution in [2.24, 2.45) is 14.1 Å². The van der Waals surface area contributed by atoms with Crippen LogP contribution in [0.1, 0.15) is 45.2 Å². The second kappa shape index (κ2) is 16.0. The third kappa shape index (κ3) is 7.56. The quantitative estimate of drug-likeness (QED) is 0.166. The first kappa shape index (κ1) is 37.0. The number of carbonyl (C=O) groups is 1. The normalized spacial score (nSPS) is 14.4. The van der Waals surface area contributed by atoms with Crippen LogP contribution in [0.4, 0.5) is 0 Å². The number of hydrogen-bond donors (Lipinski definition) is 1. The van der Waals surface area contributed by atoms with E-state index in [1.807, 2.05) is 54.6 Å². The minimum Gasteiger partial charge on any atom is -0.493 e. The maximum atomic E-state index is 12.9. The lowest BCUT2D eigenvalue weighted by atomic mass is 9.97. The SMILES string of the molecule is COCCOCCn1nc(C)c2c1CN(C)Cc1cc(n(C)n1)CSc1cc(c3ccccc3c1)OCCCc1c(C(=O)O)n(C)c3c-2c(Cl)ccc13. The van der Waals surface area contributed by atoms with Crippen LogP contribution in [0.15, 0.2) is 59.5 Å². The first-order chi connectivity index (χ1) is 25.6. The molecule has 53 heavy (non-hydrogen) atoms. The van der Waals surface area contributed by atoms with Crippen molar-refractivity contribution in [3.05, 3.63) is 93.7 Å². The van der Waals surface area contributed by atoms with Crippen LogP contribution in [0, 0.1) is 6.92 Å². The average molecular weight is 757 g/mol. The Morgan fingerprint density at radius 3 is 2.64 bits per heavy atom. The number of ether oxygens (including phenoxy) is 3. The smallest absolute Gasteiger partial charge is 0.352 e. The predicted octanol–water partition coefficient (Wildman–Crippen LogP) is 7.50. The van der Waals surface area contributed by atoms with E-state index in [4.69, 9.17) is 36.0 Å². The van der Waals surface area contributed by atoms with Gasteiger partial charge in [0, 0.05) is 72.5 Å². The van der Waals surface area contributed by atoms with Crippen molar-refractivity contribution in [3.63, 3.8) is 0 Å². The summed E-state index contributed by atoms with van der Waals surface area (Å²) < 4.78 is 23.2. The summed E-state index contributed by atoms with van der Waals surface area (Å²) in [4.78, 5) is 16.3. The van der Waals surface area contributed by atoms with E-state index >= 15 is 0 Å². The fraction of sp³-hybridized carbons (Fsp3) is 0.375. The molecular formula is C40H45ClN6O5S. The van der Waals surface area contributed by atoms with E-state index in [2.05, 4.69) is 42.3 Å². The fourth-order valence-electron chi connectivity index (χ4n) is 7.47. The molecule has 11 nitrogen and oxygen atoms in total. The number of carboxylic acids is 1. The molecule has 278 valence electrons. The Morgan fingerprint density at radius 1 is 1.00 bits per heavy atom. The molecule has 6 aromatic rings. The number of hydrogen-bond acceptors (Lipinski definition) is 8. The number of methoxy groups -OCH3 is 1. The topological polar surface area (TPSA) is 109 Å². The molecule has 0 fully saturated rings. The molecule has 0 amide bonds. The van der Waals surface area contributed by atoms with Crippen LogP contribution in [-0.2, 0) is 55.4 Å². The maximum absolute atomic E-state index is 12.9. The Bertz CT molecular complexity index is 2290. The molecule has 1 aliphatic heterocycles. The van der Waals surface area contributed by atoms with Crippen LogP contribution < -0.4 is 4.74 Å². The van der Waals surface area contributed by atoms with E-state index in [1.54, 1.807) is 23.4 Å². The van der Waals surface area contributed by atoms with Gasteiger partial charge in [-0.2, -0.15) is 10.2 Å². The third-order valence-electron chi connectivity index (χ3n) is 9.87. The highest BCUT2D eigenvalue weighted by Gasteiger charge is 2.28. The number of carboxylic acid groups (broad SMARTS) is 1. The molecule has 4 heterocycles. The third-order valence-corrected chi connectivity index (χ3v) is 11.2. The largest absolute Gasteiger partial charge is 0.493 e. The Balaban J connectivity index is 1.36. The van der Waals surface area contributed by atoms with Crippen molar-refractivity contribution in [3.8, 4) is 16.9 Å². The van der Waals surface area contributed by atoms with E-state index in [1.165, 1.54) is 0 Å². The zero-order valence-corrected chi connectivity index (χ0v) is 32.4. The molecule has 3 aromatic heterocycles. The van der Waals surface area contributed by atoms with Gasteiger partial charge in [0.05, 0.1) is 60.6 Å². The van der Waals surface area contributed by atoms with Crippen molar-refractivity contribution >= 4 is 51.0 Å². The van der Waals surface area contributed by atoms with Crippen molar-refractivity contribution in [1.29, 1.82) is 0 Å². The molecule has 1 N–H and O–H groups in total. The van der Waals surface area contributed by atoms with E-state index in [9.17, 15) is 9.90 Å². The number of benzene rings is 3. The summed E-state index contributed by atoms with van der Waals surface area (Å²) in [5.41, 5.74) is 7.30. The van der Waals surface area contributed by atoms with Crippen molar-refractivity contribution < 1.29 is 24.1 Å². The van der Waals surface area contributed by atoms with E-state index in [0.29, 0.717) is 63.9 Å².